The van der Waals surface area contributed by atoms with Crippen LogP contribution < -0.4 is 0 Å². The van der Waals surface area contributed by atoms with E-state index in [4.69, 9.17) is 11.6 Å². The van der Waals surface area contributed by atoms with E-state index in [1.807, 2.05) is 53.1 Å². The first kappa shape index (κ1) is 12.4. The van der Waals surface area contributed by atoms with Gasteiger partial charge in [0.1, 0.15) is 5.82 Å². The van der Waals surface area contributed by atoms with Crippen molar-refractivity contribution < 1.29 is 4.39 Å². The largest absolute Gasteiger partial charge is 0.309 e. The zero-order valence-electron chi connectivity index (χ0n) is 11.1. The van der Waals surface area contributed by atoms with E-state index in [0.717, 1.165) is 27.5 Å². The molecule has 0 radical (unpaired) electrons. The van der Waals surface area contributed by atoms with Crippen molar-refractivity contribution in [3.8, 4) is 5.69 Å². The van der Waals surface area contributed by atoms with E-state index in [2.05, 4.69) is 6.07 Å². The fourth-order valence-corrected chi connectivity index (χ4v) is 3.02. The Balaban J connectivity index is 2.21. The number of nitrogens with zero attached hydrogens (tertiary/aromatic N) is 1. The van der Waals surface area contributed by atoms with Crippen LogP contribution in [0.2, 0.25) is 5.02 Å². The van der Waals surface area contributed by atoms with Crippen molar-refractivity contribution in [2.75, 3.05) is 0 Å². The second-order valence-electron chi connectivity index (χ2n) is 4.99. The summed E-state index contributed by atoms with van der Waals surface area (Å²) in [7, 11) is 0. The molecule has 102 valence electrons. The molecule has 0 N–H and O–H groups in total. The maximum atomic E-state index is 13.7. The third kappa shape index (κ3) is 1.91. The van der Waals surface area contributed by atoms with E-state index in [-0.39, 0.29) is 5.82 Å². The number of aromatic nitrogens is 1. The number of halogens is 2. The molecule has 0 atom stereocenters. The van der Waals surface area contributed by atoms with Gasteiger partial charge in [-0.3, -0.25) is 0 Å². The van der Waals surface area contributed by atoms with Gasteiger partial charge >= 0.3 is 0 Å². The molecular weight excluding hydrogens is 285 g/mol. The summed E-state index contributed by atoms with van der Waals surface area (Å²) in [4.78, 5) is 0. The molecule has 0 aliphatic rings. The van der Waals surface area contributed by atoms with E-state index in [9.17, 15) is 4.39 Å². The zero-order valence-corrected chi connectivity index (χ0v) is 11.8. The molecule has 0 amide bonds. The smallest absolute Gasteiger partial charge is 0.125 e. The van der Waals surface area contributed by atoms with Gasteiger partial charge in [-0.25, -0.2) is 4.39 Å². The third-order valence-corrected chi connectivity index (χ3v) is 3.94. The lowest BCUT2D eigenvalue weighted by Crippen LogP contribution is -1.93. The summed E-state index contributed by atoms with van der Waals surface area (Å²) in [5.74, 6) is -0.242. The van der Waals surface area contributed by atoms with Crippen LogP contribution in [-0.2, 0) is 0 Å². The first-order valence-corrected chi connectivity index (χ1v) is 7.06. The Morgan fingerprint density at radius 1 is 0.762 bits per heavy atom. The standard InChI is InChI=1S/C18H11ClFN/c19-12-4-3-5-14(10-12)21-17-7-2-1-6-15(17)16-9-8-13(20)11-18(16)21/h1-11H. The molecule has 0 aliphatic heterocycles. The minimum atomic E-state index is -0.242. The predicted molar refractivity (Wildman–Crippen MR) is 85.7 cm³/mol. The van der Waals surface area contributed by atoms with Gasteiger partial charge in [0.05, 0.1) is 11.0 Å². The highest BCUT2D eigenvalue weighted by molar-refractivity contribution is 6.30. The summed E-state index contributed by atoms with van der Waals surface area (Å²) in [6, 6.07) is 20.6. The van der Waals surface area contributed by atoms with Gasteiger partial charge in [-0.15, -0.1) is 0 Å². The van der Waals surface area contributed by atoms with Gasteiger partial charge in [0.15, 0.2) is 0 Å². The van der Waals surface area contributed by atoms with Crippen molar-refractivity contribution in [1.82, 2.24) is 4.57 Å². The van der Waals surface area contributed by atoms with Crippen LogP contribution in [-0.4, -0.2) is 4.57 Å². The Kier molecular flexibility index (Phi) is 2.72. The molecule has 3 aromatic carbocycles. The highest BCUT2D eigenvalue weighted by Gasteiger charge is 2.12. The second-order valence-corrected chi connectivity index (χ2v) is 5.43. The van der Waals surface area contributed by atoms with E-state index in [0.29, 0.717) is 5.02 Å². The normalized spacial score (nSPS) is 11.3. The van der Waals surface area contributed by atoms with E-state index in [1.165, 1.54) is 6.07 Å². The molecule has 1 heterocycles. The summed E-state index contributed by atoms with van der Waals surface area (Å²) < 4.78 is 15.7. The van der Waals surface area contributed by atoms with E-state index < -0.39 is 0 Å². The summed E-state index contributed by atoms with van der Waals surface area (Å²) in [5, 5.41) is 2.80. The van der Waals surface area contributed by atoms with E-state index >= 15 is 0 Å². The predicted octanol–water partition coefficient (Wildman–Crippen LogP) is 5.58. The first-order valence-electron chi connectivity index (χ1n) is 6.69. The second kappa shape index (κ2) is 4.61. The number of benzene rings is 3. The zero-order chi connectivity index (χ0) is 14.4. The molecule has 0 fully saturated rings. The molecule has 0 bridgehead atoms. The van der Waals surface area contributed by atoms with Crippen LogP contribution in [0, 0.1) is 5.82 Å². The molecule has 1 aromatic heterocycles. The van der Waals surface area contributed by atoms with Gasteiger partial charge in [-0.2, -0.15) is 0 Å². The molecule has 4 rings (SSSR count). The van der Waals surface area contributed by atoms with Crippen LogP contribution in [0.15, 0.2) is 66.7 Å². The Morgan fingerprint density at radius 2 is 1.57 bits per heavy atom. The van der Waals surface area contributed by atoms with Crippen LogP contribution in [0.4, 0.5) is 4.39 Å². The topological polar surface area (TPSA) is 4.93 Å². The SMILES string of the molecule is Fc1ccc2c3ccccc3n(-c3cccc(Cl)c3)c2c1. The summed E-state index contributed by atoms with van der Waals surface area (Å²) in [5.41, 5.74) is 2.82. The fourth-order valence-electron chi connectivity index (χ4n) is 2.84. The molecule has 0 unspecified atom stereocenters. The van der Waals surface area contributed by atoms with Gasteiger partial charge in [-0.05, 0) is 42.5 Å². The van der Waals surface area contributed by atoms with Crippen molar-refractivity contribution in [1.29, 1.82) is 0 Å². The van der Waals surface area contributed by atoms with Crippen LogP contribution in [0.25, 0.3) is 27.5 Å². The highest BCUT2D eigenvalue weighted by Crippen LogP contribution is 2.32. The monoisotopic (exact) mass is 295 g/mol. The van der Waals surface area contributed by atoms with Gasteiger partial charge in [-0.1, -0.05) is 35.9 Å². The number of hydrogen-bond acceptors (Lipinski definition) is 0. The van der Waals surface area contributed by atoms with Gasteiger partial charge in [0, 0.05) is 21.5 Å². The summed E-state index contributed by atoms with van der Waals surface area (Å²) >= 11 is 6.11. The van der Waals surface area contributed by atoms with Gasteiger partial charge < -0.3 is 4.57 Å². The maximum Gasteiger partial charge on any atom is 0.125 e. The molecule has 0 saturated heterocycles. The van der Waals surface area contributed by atoms with Crippen molar-refractivity contribution in [3.63, 3.8) is 0 Å². The summed E-state index contributed by atoms with van der Waals surface area (Å²) in [6.45, 7) is 0. The Hall–Kier alpha value is -2.32. The molecule has 3 heteroatoms. The van der Waals surface area contributed by atoms with Crippen LogP contribution in [0.5, 0.6) is 0 Å². The van der Waals surface area contributed by atoms with E-state index in [1.54, 1.807) is 6.07 Å². The van der Waals surface area contributed by atoms with Crippen molar-refractivity contribution in [2.45, 2.75) is 0 Å². The Morgan fingerprint density at radius 3 is 2.43 bits per heavy atom. The lowest BCUT2D eigenvalue weighted by atomic mass is 10.1. The van der Waals surface area contributed by atoms with Crippen LogP contribution in [0.1, 0.15) is 0 Å². The third-order valence-electron chi connectivity index (χ3n) is 3.70. The Bertz CT molecular complexity index is 971. The molecule has 0 aliphatic carbocycles. The first-order chi connectivity index (χ1) is 10.2. The number of hydrogen-bond donors (Lipinski definition) is 0. The van der Waals surface area contributed by atoms with Crippen molar-refractivity contribution >= 4 is 33.4 Å². The fraction of sp³-hybridized carbons (Fsp3) is 0. The van der Waals surface area contributed by atoms with Crippen molar-refractivity contribution in [2.24, 2.45) is 0 Å². The van der Waals surface area contributed by atoms with Crippen LogP contribution >= 0.6 is 11.6 Å². The molecule has 0 spiro atoms. The quantitative estimate of drug-likeness (QED) is 0.432. The number of fused-ring (bicyclic) bond motifs is 3. The lowest BCUT2D eigenvalue weighted by Gasteiger charge is -2.08. The number of para-hydroxylation sites is 1. The molecule has 21 heavy (non-hydrogen) atoms. The highest BCUT2D eigenvalue weighted by atomic mass is 35.5. The Labute approximate surface area is 126 Å². The average molecular weight is 296 g/mol. The van der Waals surface area contributed by atoms with Crippen molar-refractivity contribution in [3.05, 3.63) is 77.6 Å². The summed E-state index contributed by atoms with van der Waals surface area (Å²) in [6.07, 6.45) is 0. The van der Waals surface area contributed by atoms with Crippen LogP contribution in [0.3, 0.4) is 0 Å². The average Bonchev–Trinajstić information content (AvgIpc) is 2.80. The maximum absolute atomic E-state index is 13.7. The van der Waals surface area contributed by atoms with Gasteiger partial charge in [0.25, 0.3) is 0 Å². The minimum absolute atomic E-state index is 0.242. The molecule has 4 aromatic rings. The molecule has 1 nitrogen and oxygen atoms in total. The molecular formula is C18H11ClFN. The number of rotatable bonds is 1. The molecule has 0 saturated carbocycles. The minimum Gasteiger partial charge on any atom is -0.309 e. The lowest BCUT2D eigenvalue weighted by molar-refractivity contribution is 0.629. The van der Waals surface area contributed by atoms with Gasteiger partial charge in [0.2, 0.25) is 0 Å².